The van der Waals surface area contributed by atoms with Crippen LogP contribution in [-0.4, -0.2) is 67.6 Å². The molecule has 3 unspecified atom stereocenters. The van der Waals surface area contributed by atoms with Gasteiger partial charge in [0.1, 0.15) is 6.04 Å². The number of amides is 1. The minimum Gasteiger partial charge on any atom is -0.329 e. The van der Waals surface area contributed by atoms with Crippen molar-refractivity contribution in [2.75, 3.05) is 40.3 Å². The highest BCUT2D eigenvalue weighted by Crippen LogP contribution is 2.25. The Morgan fingerprint density at radius 2 is 1.96 bits per heavy atom. The number of nitrogens with one attached hydrogen (secondary N) is 1. The summed E-state index contributed by atoms with van der Waals surface area (Å²) in [7, 11) is 4.27. The third-order valence-electron chi connectivity index (χ3n) is 5.72. The summed E-state index contributed by atoms with van der Waals surface area (Å²) >= 11 is 0. The van der Waals surface area contributed by atoms with Gasteiger partial charge in [0, 0.05) is 19.0 Å². The van der Waals surface area contributed by atoms with Crippen molar-refractivity contribution in [3.63, 3.8) is 0 Å². The van der Waals surface area contributed by atoms with Crippen LogP contribution in [0, 0.1) is 5.92 Å². The number of benzene rings is 1. The first-order valence-electron chi connectivity index (χ1n) is 9.69. The van der Waals surface area contributed by atoms with Crippen molar-refractivity contribution < 1.29 is 9.28 Å². The second-order valence-electron chi connectivity index (χ2n) is 8.21. The van der Waals surface area contributed by atoms with Crippen LogP contribution in [0.1, 0.15) is 32.8 Å². The molecule has 1 aliphatic heterocycles. The van der Waals surface area contributed by atoms with Crippen LogP contribution in [0.5, 0.6) is 0 Å². The molecule has 0 radical (unpaired) electrons. The minimum absolute atomic E-state index is 0.306. The van der Waals surface area contributed by atoms with E-state index in [9.17, 15) is 4.79 Å². The van der Waals surface area contributed by atoms with Gasteiger partial charge in [-0.05, 0) is 32.4 Å². The SMILES string of the molecule is CNCC(C(C)C)[N+]1(C)CC(=O)N(CCCc2ccccc2)C(C)C1. The molecule has 0 saturated carbocycles. The third-order valence-corrected chi connectivity index (χ3v) is 5.72. The monoisotopic (exact) mass is 346 g/mol. The number of carbonyl (C=O) groups excluding carboxylic acids is 1. The molecule has 1 aromatic carbocycles. The summed E-state index contributed by atoms with van der Waals surface area (Å²) in [6.45, 7) is 10.3. The Hall–Kier alpha value is -1.39. The fourth-order valence-corrected chi connectivity index (χ4v) is 4.49. The van der Waals surface area contributed by atoms with Crippen LogP contribution in [-0.2, 0) is 11.2 Å². The zero-order chi connectivity index (χ0) is 18.4. The standard InChI is InChI=1S/C21H36N3O/c1-17(2)20(14-22-4)24(5)15-18(3)23(21(25)16-24)13-9-12-19-10-7-6-8-11-19/h6-8,10-11,17-18,20,22H,9,12-16H2,1-5H3/q+1. The quantitative estimate of drug-likeness (QED) is 0.734. The molecular weight excluding hydrogens is 310 g/mol. The van der Waals surface area contributed by atoms with E-state index >= 15 is 0 Å². The van der Waals surface area contributed by atoms with Crippen molar-refractivity contribution in [3.05, 3.63) is 35.9 Å². The van der Waals surface area contributed by atoms with E-state index in [-0.39, 0.29) is 0 Å². The second-order valence-corrected chi connectivity index (χ2v) is 8.21. The smallest absolute Gasteiger partial charge is 0.278 e. The summed E-state index contributed by atoms with van der Waals surface area (Å²) in [5, 5.41) is 3.32. The van der Waals surface area contributed by atoms with Crippen molar-refractivity contribution in [1.29, 1.82) is 0 Å². The molecule has 3 atom stereocenters. The Balaban J connectivity index is 1.95. The number of aryl methyl sites for hydroxylation is 1. The van der Waals surface area contributed by atoms with E-state index in [0.29, 0.717) is 30.5 Å². The zero-order valence-electron chi connectivity index (χ0n) is 16.7. The fraction of sp³-hybridized carbons (Fsp3) is 0.667. The van der Waals surface area contributed by atoms with Gasteiger partial charge in [0.05, 0.1) is 19.6 Å². The molecule has 1 amide bonds. The Kier molecular flexibility index (Phi) is 7.03. The average molecular weight is 347 g/mol. The summed E-state index contributed by atoms with van der Waals surface area (Å²) in [6.07, 6.45) is 2.08. The zero-order valence-corrected chi connectivity index (χ0v) is 16.7. The first-order chi connectivity index (χ1) is 11.9. The van der Waals surface area contributed by atoms with Crippen molar-refractivity contribution >= 4 is 5.91 Å². The number of rotatable bonds is 8. The molecule has 1 aromatic rings. The van der Waals surface area contributed by atoms with Gasteiger partial charge >= 0.3 is 0 Å². The number of quaternary nitrogens is 1. The predicted octanol–water partition coefficient (Wildman–Crippen LogP) is 2.54. The lowest BCUT2D eigenvalue weighted by Gasteiger charge is -2.50. The number of hydrogen-bond acceptors (Lipinski definition) is 2. The van der Waals surface area contributed by atoms with Gasteiger partial charge in [-0.3, -0.25) is 4.79 Å². The highest BCUT2D eigenvalue weighted by molar-refractivity contribution is 5.78. The molecule has 0 aromatic heterocycles. The van der Waals surface area contributed by atoms with E-state index in [1.165, 1.54) is 5.56 Å². The molecule has 4 nitrogen and oxygen atoms in total. The average Bonchev–Trinajstić information content (AvgIpc) is 2.55. The summed E-state index contributed by atoms with van der Waals surface area (Å²) in [6, 6.07) is 11.3. The molecule has 1 heterocycles. The van der Waals surface area contributed by atoms with Crippen molar-refractivity contribution in [1.82, 2.24) is 10.2 Å². The van der Waals surface area contributed by atoms with Crippen LogP contribution in [0.3, 0.4) is 0 Å². The van der Waals surface area contributed by atoms with Gasteiger partial charge in [-0.25, -0.2) is 0 Å². The summed E-state index contributed by atoms with van der Waals surface area (Å²) in [5.74, 6) is 0.873. The molecule has 1 N–H and O–H groups in total. The normalized spacial score (nSPS) is 25.4. The van der Waals surface area contributed by atoms with Gasteiger partial charge < -0.3 is 14.7 Å². The third kappa shape index (κ3) is 5.05. The largest absolute Gasteiger partial charge is 0.329 e. The van der Waals surface area contributed by atoms with Gasteiger partial charge in [0.2, 0.25) is 0 Å². The molecule has 140 valence electrons. The lowest BCUT2D eigenvalue weighted by Crippen LogP contribution is -2.69. The first-order valence-corrected chi connectivity index (χ1v) is 9.69. The molecule has 25 heavy (non-hydrogen) atoms. The molecule has 0 aliphatic carbocycles. The predicted molar refractivity (Wildman–Crippen MR) is 104 cm³/mol. The Morgan fingerprint density at radius 1 is 1.28 bits per heavy atom. The van der Waals surface area contributed by atoms with E-state index in [1.54, 1.807) is 0 Å². The van der Waals surface area contributed by atoms with Crippen LogP contribution in [0.15, 0.2) is 30.3 Å². The van der Waals surface area contributed by atoms with Crippen molar-refractivity contribution in [3.8, 4) is 0 Å². The van der Waals surface area contributed by atoms with E-state index in [0.717, 1.165) is 37.0 Å². The van der Waals surface area contributed by atoms with E-state index in [4.69, 9.17) is 0 Å². The molecule has 1 fully saturated rings. The maximum atomic E-state index is 12.9. The Labute approximate surface area is 153 Å². The minimum atomic E-state index is 0.306. The summed E-state index contributed by atoms with van der Waals surface area (Å²) in [5.41, 5.74) is 1.36. The van der Waals surface area contributed by atoms with Crippen molar-refractivity contribution in [2.45, 2.75) is 45.7 Å². The molecule has 4 heteroatoms. The maximum absolute atomic E-state index is 12.9. The number of hydrogen-bond donors (Lipinski definition) is 1. The molecule has 2 rings (SSSR count). The lowest BCUT2D eigenvalue weighted by atomic mass is 9.96. The number of nitrogens with zero attached hydrogens (tertiary/aromatic N) is 2. The fourth-order valence-electron chi connectivity index (χ4n) is 4.49. The Bertz CT molecular complexity index is 545. The van der Waals surface area contributed by atoms with Crippen LogP contribution in [0.2, 0.25) is 0 Å². The van der Waals surface area contributed by atoms with E-state index in [1.807, 2.05) is 7.05 Å². The molecule has 1 saturated heterocycles. The van der Waals surface area contributed by atoms with Crippen molar-refractivity contribution in [2.24, 2.45) is 5.92 Å². The second kappa shape index (κ2) is 8.81. The lowest BCUT2D eigenvalue weighted by molar-refractivity contribution is -0.933. The Morgan fingerprint density at radius 3 is 2.52 bits per heavy atom. The maximum Gasteiger partial charge on any atom is 0.278 e. The summed E-state index contributed by atoms with van der Waals surface area (Å²) in [4.78, 5) is 15.0. The van der Waals surface area contributed by atoms with Crippen LogP contribution >= 0.6 is 0 Å². The van der Waals surface area contributed by atoms with E-state index in [2.05, 4.69) is 68.4 Å². The number of piperazine rings is 1. The van der Waals surface area contributed by atoms with Crippen LogP contribution in [0.25, 0.3) is 0 Å². The van der Waals surface area contributed by atoms with Gasteiger partial charge in [0.15, 0.2) is 6.54 Å². The van der Waals surface area contributed by atoms with Crippen LogP contribution in [0.4, 0.5) is 0 Å². The molecular formula is C21H36N3O+. The van der Waals surface area contributed by atoms with Gasteiger partial charge in [-0.1, -0.05) is 44.2 Å². The summed E-state index contributed by atoms with van der Waals surface area (Å²) < 4.78 is 0.855. The highest BCUT2D eigenvalue weighted by Gasteiger charge is 2.44. The molecule has 0 bridgehead atoms. The topological polar surface area (TPSA) is 32.3 Å². The van der Waals surface area contributed by atoms with Crippen LogP contribution < -0.4 is 5.32 Å². The van der Waals surface area contributed by atoms with E-state index < -0.39 is 0 Å². The van der Waals surface area contributed by atoms with Gasteiger partial charge in [-0.15, -0.1) is 0 Å². The van der Waals surface area contributed by atoms with Gasteiger partial charge in [0.25, 0.3) is 5.91 Å². The highest BCUT2D eigenvalue weighted by atomic mass is 16.2. The van der Waals surface area contributed by atoms with Gasteiger partial charge in [-0.2, -0.15) is 0 Å². The molecule has 0 spiro atoms. The molecule has 1 aliphatic rings. The number of likely N-dealkylation sites (N-methyl/N-ethyl adjacent to an activating group) is 2. The number of carbonyl (C=O) groups is 1. The first kappa shape index (κ1) is 19.9.